The zero-order chi connectivity index (χ0) is 22.1. The maximum Gasteiger partial charge on any atom is 0.0630 e. The van der Waals surface area contributed by atoms with Crippen LogP contribution in [-0.2, 0) is 9.47 Å². The third-order valence-corrected chi connectivity index (χ3v) is 7.06. The van der Waals surface area contributed by atoms with Crippen molar-refractivity contribution in [1.82, 2.24) is 9.80 Å². The summed E-state index contributed by atoms with van der Waals surface area (Å²) in [7, 11) is 2.26. The molecule has 0 aliphatic carbocycles. The highest BCUT2D eigenvalue weighted by Gasteiger charge is 2.44. The minimum absolute atomic E-state index is 0.0226. The van der Waals surface area contributed by atoms with Gasteiger partial charge < -0.3 is 14.4 Å². The number of hydrogen-bond acceptors (Lipinski definition) is 4. The van der Waals surface area contributed by atoms with Crippen molar-refractivity contribution in [2.45, 2.75) is 135 Å². The van der Waals surface area contributed by atoms with E-state index < -0.39 is 0 Å². The van der Waals surface area contributed by atoms with Gasteiger partial charge in [-0.2, -0.15) is 0 Å². The van der Waals surface area contributed by atoms with Crippen molar-refractivity contribution in [1.29, 1.82) is 0 Å². The quantitative estimate of drug-likeness (QED) is 0.554. The van der Waals surface area contributed by atoms with E-state index in [2.05, 4.69) is 79.2 Å². The Hall–Kier alpha value is -0.160. The number of ether oxygens (including phenoxy) is 2. The average molecular weight is 411 g/mol. The second-order valence-corrected chi connectivity index (χ2v) is 12.5. The molecule has 2 aliphatic rings. The number of nitrogens with zero attached hydrogens (tertiary/aromatic N) is 2. The lowest BCUT2D eigenvalue weighted by atomic mass is 9.78. The molecule has 4 heteroatoms. The van der Waals surface area contributed by atoms with Gasteiger partial charge in [0.05, 0.1) is 23.4 Å². The summed E-state index contributed by atoms with van der Waals surface area (Å²) in [5.74, 6) is 0. The maximum atomic E-state index is 6.69. The van der Waals surface area contributed by atoms with Crippen molar-refractivity contribution in [2.75, 3.05) is 26.7 Å². The highest BCUT2D eigenvalue weighted by atomic mass is 16.5. The van der Waals surface area contributed by atoms with Crippen molar-refractivity contribution in [3.63, 3.8) is 0 Å². The van der Waals surface area contributed by atoms with Gasteiger partial charge >= 0.3 is 0 Å². The normalized spacial score (nSPS) is 25.4. The molecule has 0 aromatic carbocycles. The molecular formula is C25H50N2O2. The average Bonchev–Trinajstić information content (AvgIpc) is 2.51. The van der Waals surface area contributed by atoms with Gasteiger partial charge in [-0.1, -0.05) is 0 Å². The molecule has 4 nitrogen and oxygen atoms in total. The molecule has 0 N–H and O–H groups in total. The van der Waals surface area contributed by atoms with Crippen LogP contribution in [0.2, 0.25) is 0 Å². The molecule has 0 aromatic heterocycles. The summed E-state index contributed by atoms with van der Waals surface area (Å²) >= 11 is 0. The van der Waals surface area contributed by atoms with Gasteiger partial charge in [0.2, 0.25) is 0 Å². The first-order valence-electron chi connectivity index (χ1n) is 11.9. The fourth-order valence-electron chi connectivity index (χ4n) is 5.35. The van der Waals surface area contributed by atoms with Gasteiger partial charge in [0, 0.05) is 24.2 Å². The Morgan fingerprint density at radius 3 is 1.83 bits per heavy atom. The zero-order valence-electron chi connectivity index (χ0n) is 21.2. The maximum absolute atomic E-state index is 6.69. The minimum atomic E-state index is -0.0552. The molecule has 0 unspecified atom stereocenters. The van der Waals surface area contributed by atoms with Gasteiger partial charge in [0.1, 0.15) is 0 Å². The highest BCUT2D eigenvalue weighted by molar-refractivity contribution is 4.99. The standard InChI is InChI=1S/C25H50N2O2/c1-22(2,3)28-20-12-16-27(17-13-20)15-11-14-25(8,9)29-21-18-23(4,5)26(10)24(6,7)19-21/h20-21H,11-19H2,1-10H3. The fourth-order valence-corrected chi connectivity index (χ4v) is 5.35. The van der Waals surface area contributed by atoms with Crippen molar-refractivity contribution in [3.8, 4) is 0 Å². The van der Waals surface area contributed by atoms with E-state index in [-0.39, 0.29) is 22.3 Å². The molecule has 0 bridgehead atoms. The third-order valence-electron chi connectivity index (χ3n) is 7.06. The molecule has 0 atom stereocenters. The van der Waals surface area contributed by atoms with Crippen LogP contribution in [0.4, 0.5) is 0 Å². The molecule has 0 saturated carbocycles. The van der Waals surface area contributed by atoms with Crippen molar-refractivity contribution in [3.05, 3.63) is 0 Å². The molecule has 0 aromatic rings. The van der Waals surface area contributed by atoms with Crippen LogP contribution in [0.3, 0.4) is 0 Å². The monoisotopic (exact) mass is 410 g/mol. The Labute approximate surface area is 181 Å². The summed E-state index contributed by atoms with van der Waals surface area (Å²) < 4.78 is 12.9. The van der Waals surface area contributed by atoms with E-state index >= 15 is 0 Å². The second kappa shape index (κ2) is 9.14. The van der Waals surface area contributed by atoms with Gasteiger partial charge in [-0.3, -0.25) is 4.90 Å². The molecule has 0 radical (unpaired) electrons. The Morgan fingerprint density at radius 1 is 0.828 bits per heavy atom. The van der Waals surface area contributed by atoms with E-state index in [0.717, 1.165) is 32.1 Å². The largest absolute Gasteiger partial charge is 0.373 e. The van der Waals surface area contributed by atoms with Crippen LogP contribution in [0, 0.1) is 0 Å². The number of rotatable bonds is 7. The van der Waals surface area contributed by atoms with Gasteiger partial charge in [-0.05, 0) is 114 Å². The van der Waals surface area contributed by atoms with Crippen LogP contribution in [-0.4, -0.2) is 71.0 Å². The summed E-state index contributed by atoms with van der Waals surface area (Å²) in [4.78, 5) is 5.14. The fraction of sp³-hybridized carbons (Fsp3) is 1.00. The van der Waals surface area contributed by atoms with Crippen LogP contribution in [0.1, 0.15) is 101 Å². The number of hydrogen-bond donors (Lipinski definition) is 0. The molecule has 2 fully saturated rings. The molecule has 2 saturated heterocycles. The molecule has 172 valence electrons. The summed E-state index contributed by atoms with van der Waals surface area (Å²) in [5.41, 5.74) is 0.287. The van der Waals surface area contributed by atoms with Crippen LogP contribution < -0.4 is 0 Å². The summed E-state index contributed by atoms with van der Waals surface area (Å²) in [5, 5.41) is 0. The van der Waals surface area contributed by atoms with Crippen molar-refractivity contribution >= 4 is 0 Å². The first-order chi connectivity index (χ1) is 13.1. The van der Waals surface area contributed by atoms with Gasteiger partial charge in [0.25, 0.3) is 0 Å². The Balaban J connectivity index is 1.74. The predicted octanol–water partition coefficient (Wildman–Crippen LogP) is 5.49. The van der Waals surface area contributed by atoms with E-state index in [1.54, 1.807) is 0 Å². The van der Waals surface area contributed by atoms with Crippen molar-refractivity contribution < 1.29 is 9.47 Å². The van der Waals surface area contributed by atoms with E-state index in [0.29, 0.717) is 12.2 Å². The molecule has 29 heavy (non-hydrogen) atoms. The Morgan fingerprint density at radius 2 is 1.34 bits per heavy atom. The molecule has 2 rings (SSSR count). The highest BCUT2D eigenvalue weighted by Crippen LogP contribution is 2.39. The van der Waals surface area contributed by atoms with E-state index in [1.165, 1.54) is 26.1 Å². The predicted molar refractivity (Wildman–Crippen MR) is 124 cm³/mol. The summed E-state index contributed by atoms with van der Waals surface area (Å²) in [6, 6.07) is 0. The smallest absolute Gasteiger partial charge is 0.0630 e. The topological polar surface area (TPSA) is 24.9 Å². The first-order valence-corrected chi connectivity index (χ1v) is 11.9. The third kappa shape index (κ3) is 7.79. The lowest BCUT2D eigenvalue weighted by Gasteiger charge is -2.54. The van der Waals surface area contributed by atoms with Crippen LogP contribution >= 0.6 is 0 Å². The van der Waals surface area contributed by atoms with Crippen molar-refractivity contribution in [2.24, 2.45) is 0 Å². The summed E-state index contributed by atoms with van der Waals surface area (Å²) in [6.07, 6.45) is 7.65. The minimum Gasteiger partial charge on any atom is -0.373 e. The van der Waals surface area contributed by atoms with E-state index in [4.69, 9.17) is 9.47 Å². The van der Waals surface area contributed by atoms with E-state index in [1.807, 2.05) is 0 Å². The SMILES string of the molecule is CN1C(C)(C)CC(OC(C)(C)CCCN2CCC(OC(C)(C)C)CC2)CC1(C)C. The number of piperidine rings is 2. The Bertz CT molecular complexity index is 495. The number of likely N-dealkylation sites (tertiary alicyclic amines) is 2. The van der Waals surface area contributed by atoms with Gasteiger partial charge in [0.15, 0.2) is 0 Å². The van der Waals surface area contributed by atoms with Crippen LogP contribution in [0.5, 0.6) is 0 Å². The lowest BCUT2D eigenvalue weighted by molar-refractivity contribution is -0.145. The van der Waals surface area contributed by atoms with E-state index in [9.17, 15) is 0 Å². The first kappa shape index (κ1) is 25.1. The summed E-state index contributed by atoms with van der Waals surface area (Å²) in [6.45, 7) is 24.0. The van der Waals surface area contributed by atoms with Gasteiger partial charge in [-0.15, -0.1) is 0 Å². The molecule has 2 aliphatic heterocycles. The second-order valence-electron chi connectivity index (χ2n) is 12.5. The lowest BCUT2D eigenvalue weighted by Crippen LogP contribution is -2.60. The molecular weight excluding hydrogens is 360 g/mol. The molecule has 0 amide bonds. The van der Waals surface area contributed by atoms with Crippen LogP contribution in [0.25, 0.3) is 0 Å². The molecule has 0 spiro atoms. The van der Waals surface area contributed by atoms with Crippen LogP contribution in [0.15, 0.2) is 0 Å². The van der Waals surface area contributed by atoms with Gasteiger partial charge in [-0.25, -0.2) is 0 Å². The Kier molecular flexibility index (Phi) is 7.91. The molecule has 2 heterocycles. The zero-order valence-corrected chi connectivity index (χ0v) is 21.2.